The van der Waals surface area contributed by atoms with E-state index in [1.807, 2.05) is 0 Å². The van der Waals surface area contributed by atoms with Gasteiger partial charge in [0, 0.05) is 24.0 Å². The van der Waals surface area contributed by atoms with Gasteiger partial charge in [0.15, 0.2) is 0 Å². The Morgan fingerprint density at radius 3 is 2.55 bits per heavy atom. The summed E-state index contributed by atoms with van der Waals surface area (Å²) in [6.45, 7) is 1.59. The SMILES string of the molecule is C[C@H](CO)Nc1nc(Nc2ccc(Cl)c(C(F)(F)F)c2)cc(-c2ccccn2)n1. The number of aliphatic hydroxyl groups excluding tert-OH is 1. The summed E-state index contributed by atoms with van der Waals surface area (Å²) in [5.74, 6) is 0.450. The Hall–Kier alpha value is -2.91. The lowest BCUT2D eigenvalue weighted by Gasteiger charge is -2.15. The van der Waals surface area contributed by atoms with Crippen LogP contribution < -0.4 is 10.6 Å². The molecule has 0 aliphatic heterocycles. The van der Waals surface area contributed by atoms with Gasteiger partial charge in [-0.3, -0.25) is 4.98 Å². The number of halogens is 4. The zero-order chi connectivity index (χ0) is 21.0. The summed E-state index contributed by atoms with van der Waals surface area (Å²) in [6.07, 6.45) is -2.98. The lowest BCUT2D eigenvalue weighted by Crippen LogP contribution is -2.21. The van der Waals surface area contributed by atoms with Crippen LogP contribution >= 0.6 is 11.6 Å². The van der Waals surface area contributed by atoms with Crippen molar-refractivity contribution in [2.75, 3.05) is 17.2 Å². The number of aromatic nitrogens is 3. The Morgan fingerprint density at radius 2 is 1.90 bits per heavy atom. The molecule has 10 heteroatoms. The van der Waals surface area contributed by atoms with Crippen LogP contribution in [0.2, 0.25) is 5.02 Å². The van der Waals surface area contributed by atoms with E-state index in [2.05, 4.69) is 25.6 Å². The van der Waals surface area contributed by atoms with Crippen LogP contribution in [0.3, 0.4) is 0 Å². The van der Waals surface area contributed by atoms with Crippen molar-refractivity contribution in [2.24, 2.45) is 0 Å². The van der Waals surface area contributed by atoms with Crippen molar-refractivity contribution in [1.29, 1.82) is 0 Å². The molecular weight excluding hydrogens is 407 g/mol. The summed E-state index contributed by atoms with van der Waals surface area (Å²) in [6, 6.07) is 10.0. The molecule has 3 N–H and O–H groups in total. The van der Waals surface area contributed by atoms with Crippen LogP contribution in [0.4, 0.5) is 30.6 Å². The highest BCUT2D eigenvalue weighted by molar-refractivity contribution is 6.31. The molecular formula is C19H17ClF3N5O. The summed E-state index contributed by atoms with van der Waals surface area (Å²) in [4.78, 5) is 12.9. The molecule has 0 aliphatic rings. The van der Waals surface area contributed by atoms with Crippen LogP contribution in [0.25, 0.3) is 11.4 Å². The summed E-state index contributed by atoms with van der Waals surface area (Å²) in [7, 11) is 0. The number of hydrogen-bond donors (Lipinski definition) is 3. The zero-order valence-electron chi connectivity index (χ0n) is 15.2. The fourth-order valence-electron chi connectivity index (χ4n) is 2.46. The van der Waals surface area contributed by atoms with Gasteiger partial charge in [-0.25, -0.2) is 4.98 Å². The second-order valence-corrected chi connectivity index (χ2v) is 6.63. The Balaban J connectivity index is 1.99. The molecule has 1 atom stereocenters. The number of anilines is 3. The number of benzene rings is 1. The second kappa shape index (κ2) is 8.62. The van der Waals surface area contributed by atoms with E-state index in [4.69, 9.17) is 11.6 Å². The van der Waals surface area contributed by atoms with Crippen molar-refractivity contribution < 1.29 is 18.3 Å². The third-order valence-electron chi connectivity index (χ3n) is 3.85. The number of rotatable bonds is 6. The number of alkyl halides is 3. The van der Waals surface area contributed by atoms with E-state index >= 15 is 0 Å². The van der Waals surface area contributed by atoms with Crippen LogP contribution in [-0.4, -0.2) is 32.7 Å². The van der Waals surface area contributed by atoms with Crippen LogP contribution in [0, 0.1) is 0 Å². The first-order chi connectivity index (χ1) is 13.8. The maximum Gasteiger partial charge on any atom is 0.417 e. The van der Waals surface area contributed by atoms with Crippen molar-refractivity contribution in [1.82, 2.24) is 15.0 Å². The molecule has 0 saturated carbocycles. The lowest BCUT2D eigenvalue weighted by molar-refractivity contribution is -0.137. The standard InChI is InChI=1S/C19H17ClF3N5O/c1-11(10-29)25-18-27-16(15-4-2-3-7-24-15)9-17(28-18)26-12-5-6-14(20)13(8-12)19(21,22)23/h2-9,11,29H,10H2,1H3,(H2,25,26,27,28)/t11-/m1/s1. The van der Waals surface area contributed by atoms with Gasteiger partial charge in [-0.2, -0.15) is 18.2 Å². The molecule has 0 amide bonds. The topological polar surface area (TPSA) is 83.0 Å². The number of aliphatic hydroxyl groups is 1. The summed E-state index contributed by atoms with van der Waals surface area (Å²) < 4.78 is 39.4. The molecule has 29 heavy (non-hydrogen) atoms. The van der Waals surface area contributed by atoms with Crippen LogP contribution in [0.1, 0.15) is 12.5 Å². The molecule has 1 aromatic carbocycles. The Labute approximate surface area is 169 Å². The highest BCUT2D eigenvalue weighted by Gasteiger charge is 2.33. The lowest BCUT2D eigenvalue weighted by atomic mass is 10.2. The Bertz CT molecular complexity index is 985. The summed E-state index contributed by atoms with van der Waals surface area (Å²) in [5.41, 5.74) is 0.231. The van der Waals surface area contributed by atoms with Gasteiger partial charge in [0.1, 0.15) is 5.82 Å². The van der Waals surface area contributed by atoms with Gasteiger partial charge >= 0.3 is 6.18 Å². The summed E-state index contributed by atoms with van der Waals surface area (Å²) >= 11 is 5.67. The third kappa shape index (κ3) is 5.33. The maximum absolute atomic E-state index is 13.1. The predicted octanol–water partition coefficient (Wildman–Crippen LogP) is 4.75. The molecule has 3 rings (SSSR count). The Kier molecular flexibility index (Phi) is 6.19. The van der Waals surface area contributed by atoms with Gasteiger partial charge in [0.25, 0.3) is 0 Å². The van der Waals surface area contributed by atoms with E-state index in [9.17, 15) is 18.3 Å². The normalized spacial score (nSPS) is 12.5. The highest BCUT2D eigenvalue weighted by Crippen LogP contribution is 2.36. The Morgan fingerprint density at radius 1 is 1.10 bits per heavy atom. The van der Waals surface area contributed by atoms with Crippen molar-refractivity contribution in [3.05, 3.63) is 59.2 Å². The van der Waals surface area contributed by atoms with Crippen molar-refractivity contribution >= 4 is 29.1 Å². The third-order valence-corrected chi connectivity index (χ3v) is 4.18. The van der Waals surface area contributed by atoms with E-state index in [1.165, 1.54) is 12.1 Å². The fourth-order valence-corrected chi connectivity index (χ4v) is 2.68. The smallest absolute Gasteiger partial charge is 0.394 e. The number of pyridine rings is 1. The van der Waals surface area contributed by atoms with E-state index in [1.54, 1.807) is 37.4 Å². The van der Waals surface area contributed by atoms with E-state index < -0.39 is 11.7 Å². The number of nitrogens with zero attached hydrogens (tertiary/aromatic N) is 3. The largest absolute Gasteiger partial charge is 0.417 e. The average molecular weight is 424 g/mol. The molecule has 0 fully saturated rings. The van der Waals surface area contributed by atoms with Gasteiger partial charge in [-0.15, -0.1) is 0 Å². The van der Waals surface area contributed by atoms with Gasteiger partial charge in [0.2, 0.25) is 5.95 Å². The van der Waals surface area contributed by atoms with Crippen LogP contribution in [0.15, 0.2) is 48.7 Å². The molecule has 2 aromatic heterocycles. The minimum Gasteiger partial charge on any atom is -0.394 e. The molecule has 0 radical (unpaired) electrons. The molecule has 0 aliphatic carbocycles. The molecule has 0 unspecified atom stereocenters. The molecule has 152 valence electrons. The molecule has 3 aromatic rings. The van der Waals surface area contributed by atoms with Gasteiger partial charge < -0.3 is 15.7 Å². The van der Waals surface area contributed by atoms with Crippen LogP contribution in [-0.2, 0) is 6.18 Å². The zero-order valence-corrected chi connectivity index (χ0v) is 16.0. The van der Waals surface area contributed by atoms with Crippen LogP contribution in [0.5, 0.6) is 0 Å². The number of hydrogen-bond acceptors (Lipinski definition) is 6. The highest BCUT2D eigenvalue weighted by atomic mass is 35.5. The quantitative estimate of drug-likeness (QED) is 0.531. The van der Waals surface area contributed by atoms with Crippen molar-refractivity contribution in [3.63, 3.8) is 0 Å². The van der Waals surface area contributed by atoms with Crippen molar-refractivity contribution in [2.45, 2.75) is 19.1 Å². The van der Waals surface area contributed by atoms with E-state index in [0.717, 1.165) is 6.07 Å². The maximum atomic E-state index is 13.1. The average Bonchev–Trinajstić information content (AvgIpc) is 2.69. The van der Waals surface area contributed by atoms with Gasteiger partial charge in [0.05, 0.1) is 28.6 Å². The summed E-state index contributed by atoms with van der Waals surface area (Å²) in [5, 5.41) is 14.6. The van der Waals surface area contributed by atoms with Crippen molar-refractivity contribution in [3.8, 4) is 11.4 Å². The number of nitrogens with one attached hydrogen (secondary N) is 2. The van der Waals surface area contributed by atoms with Gasteiger partial charge in [-0.1, -0.05) is 17.7 Å². The minimum atomic E-state index is -4.58. The monoisotopic (exact) mass is 423 g/mol. The molecule has 6 nitrogen and oxygen atoms in total. The fraction of sp³-hybridized carbons (Fsp3) is 0.211. The first kappa shape index (κ1) is 20.8. The van der Waals surface area contributed by atoms with E-state index in [0.29, 0.717) is 11.4 Å². The molecule has 0 spiro atoms. The second-order valence-electron chi connectivity index (χ2n) is 6.22. The predicted molar refractivity (Wildman–Crippen MR) is 105 cm³/mol. The first-order valence-electron chi connectivity index (χ1n) is 8.58. The molecule has 0 bridgehead atoms. The van der Waals surface area contributed by atoms with E-state index in [-0.39, 0.29) is 35.1 Å². The molecule has 2 heterocycles. The first-order valence-corrected chi connectivity index (χ1v) is 8.95. The van der Waals surface area contributed by atoms with Gasteiger partial charge in [-0.05, 0) is 37.3 Å². The minimum absolute atomic E-state index is 0.147. The molecule has 0 saturated heterocycles.